The molecule has 3 rings (SSSR count). The summed E-state index contributed by atoms with van der Waals surface area (Å²) in [6.07, 6.45) is 3.90. The third kappa shape index (κ3) is 3.85. The predicted octanol–water partition coefficient (Wildman–Crippen LogP) is 2.32. The van der Waals surface area contributed by atoms with E-state index in [4.69, 9.17) is 5.73 Å². The van der Waals surface area contributed by atoms with Crippen molar-refractivity contribution in [1.82, 2.24) is 9.80 Å². The molecule has 2 aliphatic rings. The molecule has 2 atom stereocenters. The second kappa shape index (κ2) is 6.91. The van der Waals surface area contributed by atoms with E-state index in [0.29, 0.717) is 6.04 Å². The van der Waals surface area contributed by atoms with Crippen LogP contribution >= 0.6 is 0 Å². The Kier molecular flexibility index (Phi) is 4.94. The van der Waals surface area contributed by atoms with Gasteiger partial charge in [0.05, 0.1) is 0 Å². The fraction of sp³-hybridized carbons (Fsp3) is 0.667. The molecule has 21 heavy (non-hydrogen) atoms. The number of likely N-dealkylation sites (tertiary alicyclic amines) is 2. The van der Waals surface area contributed by atoms with Crippen LogP contribution in [0.4, 0.5) is 0 Å². The first-order valence-corrected chi connectivity index (χ1v) is 8.48. The minimum absolute atomic E-state index is 0.366. The van der Waals surface area contributed by atoms with Gasteiger partial charge in [-0.15, -0.1) is 0 Å². The lowest BCUT2D eigenvalue weighted by Crippen LogP contribution is -2.45. The van der Waals surface area contributed by atoms with Gasteiger partial charge in [0.15, 0.2) is 0 Å². The number of hydrogen-bond acceptors (Lipinski definition) is 3. The average Bonchev–Trinajstić information content (AvgIpc) is 2.97. The Bertz CT molecular complexity index is 423. The molecule has 2 aliphatic heterocycles. The van der Waals surface area contributed by atoms with E-state index in [0.717, 1.165) is 18.5 Å². The van der Waals surface area contributed by atoms with Crippen LogP contribution in [0.15, 0.2) is 30.3 Å². The maximum Gasteiger partial charge on any atom is 0.0235 e. The summed E-state index contributed by atoms with van der Waals surface area (Å²) in [5.74, 6) is 0.739. The molecule has 0 radical (unpaired) electrons. The summed E-state index contributed by atoms with van der Waals surface area (Å²) in [6.45, 7) is 8.24. The number of nitrogens with zero attached hydrogens (tertiary/aromatic N) is 2. The molecule has 1 aromatic carbocycles. The zero-order valence-corrected chi connectivity index (χ0v) is 13.2. The molecule has 0 spiro atoms. The fourth-order valence-corrected chi connectivity index (χ4v) is 3.91. The Balaban J connectivity index is 1.47. The van der Waals surface area contributed by atoms with E-state index in [1.165, 1.54) is 51.0 Å². The molecule has 2 unspecified atom stereocenters. The number of benzene rings is 1. The molecule has 0 bridgehead atoms. The van der Waals surface area contributed by atoms with Crippen molar-refractivity contribution >= 4 is 0 Å². The molecule has 0 aromatic heterocycles. The Labute approximate surface area is 129 Å². The molecule has 0 saturated carbocycles. The van der Waals surface area contributed by atoms with Gasteiger partial charge in [-0.05, 0) is 50.8 Å². The minimum atomic E-state index is 0.366. The molecule has 1 aromatic rings. The third-order valence-electron chi connectivity index (χ3n) is 5.33. The van der Waals surface area contributed by atoms with Crippen LogP contribution in [0.1, 0.15) is 31.7 Å². The summed E-state index contributed by atoms with van der Waals surface area (Å²) in [5.41, 5.74) is 7.49. The molecule has 116 valence electrons. The highest BCUT2D eigenvalue weighted by Crippen LogP contribution is 2.25. The van der Waals surface area contributed by atoms with E-state index in [1.54, 1.807) is 0 Å². The zero-order valence-electron chi connectivity index (χ0n) is 13.2. The predicted molar refractivity (Wildman–Crippen MR) is 88.1 cm³/mol. The van der Waals surface area contributed by atoms with E-state index in [9.17, 15) is 0 Å². The summed E-state index contributed by atoms with van der Waals surface area (Å²) in [6, 6.07) is 12.0. The SMILES string of the molecule is CC(N)C1CCN(C2CCN(Cc3ccccc3)C2)CC1. The van der Waals surface area contributed by atoms with Gasteiger partial charge in [-0.3, -0.25) is 9.80 Å². The van der Waals surface area contributed by atoms with Crippen LogP contribution in [0.5, 0.6) is 0 Å². The number of nitrogens with two attached hydrogens (primary N) is 1. The van der Waals surface area contributed by atoms with Crippen LogP contribution in [0, 0.1) is 5.92 Å². The van der Waals surface area contributed by atoms with Crippen molar-refractivity contribution in [3.63, 3.8) is 0 Å². The van der Waals surface area contributed by atoms with E-state index < -0.39 is 0 Å². The van der Waals surface area contributed by atoms with Gasteiger partial charge in [-0.25, -0.2) is 0 Å². The molecule has 2 fully saturated rings. The van der Waals surface area contributed by atoms with E-state index in [1.807, 2.05) is 0 Å². The van der Waals surface area contributed by atoms with Crippen molar-refractivity contribution in [2.75, 3.05) is 26.2 Å². The van der Waals surface area contributed by atoms with E-state index in [-0.39, 0.29) is 0 Å². The molecule has 2 N–H and O–H groups in total. The van der Waals surface area contributed by atoms with Crippen molar-refractivity contribution in [2.45, 2.75) is 44.8 Å². The van der Waals surface area contributed by atoms with Crippen molar-refractivity contribution in [2.24, 2.45) is 11.7 Å². The summed E-state index contributed by atoms with van der Waals surface area (Å²) in [5, 5.41) is 0. The maximum atomic E-state index is 6.05. The van der Waals surface area contributed by atoms with Crippen LogP contribution in [-0.4, -0.2) is 48.1 Å². The fourth-order valence-electron chi connectivity index (χ4n) is 3.91. The largest absolute Gasteiger partial charge is 0.328 e. The topological polar surface area (TPSA) is 32.5 Å². The summed E-state index contributed by atoms with van der Waals surface area (Å²) in [4.78, 5) is 5.32. The molecule has 3 heteroatoms. The quantitative estimate of drug-likeness (QED) is 0.922. The second-order valence-electron chi connectivity index (χ2n) is 6.90. The van der Waals surface area contributed by atoms with Crippen molar-refractivity contribution in [1.29, 1.82) is 0 Å². The lowest BCUT2D eigenvalue weighted by molar-refractivity contribution is 0.125. The summed E-state index contributed by atoms with van der Waals surface area (Å²) < 4.78 is 0. The highest BCUT2D eigenvalue weighted by Gasteiger charge is 2.31. The lowest BCUT2D eigenvalue weighted by Gasteiger charge is -2.37. The van der Waals surface area contributed by atoms with Gasteiger partial charge in [0.25, 0.3) is 0 Å². The van der Waals surface area contributed by atoms with Crippen LogP contribution in [0.25, 0.3) is 0 Å². The monoisotopic (exact) mass is 287 g/mol. The highest BCUT2D eigenvalue weighted by atomic mass is 15.3. The van der Waals surface area contributed by atoms with Crippen LogP contribution in [0.3, 0.4) is 0 Å². The second-order valence-corrected chi connectivity index (χ2v) is 6.90. The summed E-state index contributed by atoms with van der Waals surface area (Å²) in [7, 11) is 0. The van der Waals surface area contributed by atoms with Gasteiger partial charge < -0.3 is 5.73 Å². The molecular weight excluding hydrogens is 258 g/mol. The Morgan fingerprint density at radius 1 is 1.10 bits per heavy atom. The first kappa shape index (κ1) is 15.0. The van der Waals surface area contributed by atoms with Crippen molar-refractivity contribution in [3.05, 3.63) is 35.9 Å². The van der Waals surface area contributed by atoms with Gasteiger partial charge in [0.2, 0.25) is 0 Å². The van der Waals surface area contributed by atoms with Crippen LogP contribution < -0.4 is 5.73 Å². The minimum Gasteiger partial charge on any atom is -0.328 e. The van der Waals surface area contributed by atoms with Gasteiger partial charge in [-0.1, -0.05) is 30.3 Å². The zero-order chi connectivity index (χ0) is 14.7. The number of hydrogen-bond donors (Lipinski definition) is 1. The molecular formula is C18H29N3. The smallest absolute Gasteiger partial charge is 0.0235 e. The molecule has 0 amide bonds. The number of piperidine rings is 1. The van der Waals surface area contributed by atoms with Gasteiger partial charge >= 0.3 is 0 Å². The van der Waals surface area contributed by atoms with Gasteiger partial charge in [-0.2, -0.15) is 0 Å². The van der Waals surface area contributed by atoms with Gasteiger partial charge in [0.1, 0.15) is 0 Å². The Hall–Kier alpha value is -0.900. The van der Waals surface area contributed by atoms with E-state index >= 15 is 0 Å². The first-order valence-electron chi connectivity index (χ1n) is 8.48. The maximum absolute atomic E-state index is 6.05. The van der Waals surface area contributed by atoms with Crippen molar-refractivity contribution in [3.8, 4) is 0 Å². The Morgan fingerprint density at radius 3 is 2.48 bits per heavy atom. The lowest BCUT2D eigenvalue weighted by atomic mass is 9.90. The van der Waals surface area contributed by atoms with Crippen LogP contribution in [0.2, 0.25) is 0 Å². The highest BCUT2D eigenvalue weighted by molar-refractivity contribution is 5.14. The van der Waals surface area contributed by atoms with Gasteiger partial charge in [0, 0.05) is 31.7 Å². The van der Waals surface area contributed by atoms with E-state index in [2.05, 4.69) is 47.1 Å². The molecule has 3 nitrogen and oxygen atoms in total. The summed E-state index contributed by atoms with van der Waals surface area (Å²) >= 11 is 0. The number of rotatable bonds is 4. The normalized spacial score (nSPS) is 27.0. The first-order chi connectivity index (χ1) is 10.2. The average molecular weight is 287 g/mol. The van der Waals surface area contributed by atoms with Crippen molar-refractivity contribution < 1.29 is 0 Å². The van der Waals surface area contributed by atoms with Crippen LogP contribution in [-0.2, 0) is 6.54 Å². The third-order valence-corrected chi connectivity index (χ3v) is 5.33. The Morgan fingerprint density at radius 2 is 1.81 bits per heavy atom. The molecule has 2 heterocycles. The molecule has 2 saturated heterocycles. The standard InChI is InChI=1S/C18H29N3/c1-15(19)17-7-11-21(12-8-17)18-9-10-20(14-18)13-16-5-3-2-4-6-16/h2-6,15,17-18H,7-14,19H2,1H3. The molecule has 0 aliphatic carbocycles.